The van der Waals surface area contributed by atoms with Crippen molar-refractivity contribution in [3.8, 4) is 0 Å². The first-order chi connectivity index (χ1) is 12.2. The van der Waals surface area contributed by atoms with Gasteiger partial charge in [-0.1, -0.05) is 48.5 Å². The molecule has 0 radical (unpaired) electrons. The Morgan fingerprint density at radius 1 is 1.08 bits per heavy atom. The van der Waals surface area contributed by atoms with Gasteiger partial charge in [-0.25, -0.2) is 0 Å². The molecule has 1 unspecified atom stereocenters. The Kier molecular flexibility index (Phi) is 6.07. The first-order valence-electron chi connectivity index (χ1n) is 9.02. The molecule has 1 aliphatic heterocycles. The molecule has 2 aromatic carbocycles. The highest BCUT2D eigenvalue weighted by atomic mass is 16.4. The van der Waals surface area contributed by atoms with Crippen LogP contribution in [0.25, 0.3) is 0 Å². The van der Waals surface area contributed by atoms with E-state index < -0.39 is 5.97 Å². The first-order valence-corrected chi connectivity index (χ1v) is 9.02. The fraction of sp³-hybridized carbons (Fsp3) is 0.381. The molecule has 0 aromatic heterocycles. The predicted molar refractivity (Wildman–Crippen MR) is 101 cm³/mol. The van der Waals surface area contributed by atoms with E-state index in [1.165, 1.54) is 5.56 Å². The van der Waals surface area contributed by atoms with Crippen LogP contribution in [-0.4, -0.2) is 41.7 Å². The van der Waals surface area contributed by atoms with Crippen LogP contribution in [0, 0.1) is 0 Å². The van der Waals surface area contributed by atoms with Gasteiger partial charge in [-0.05, 0) is 37.1 Å². The number of carbonyl (C=O) groups is 1. The van der Waals surface area contributed by atoms with Gasteiger partial charge in [0, 0.05) is 31.4 Å². The minimum Gasteiger partial charge on any atom is -0.481 e. The number of likely N-dealkylation sites (tertiary alicyclic amines) is 1. The quantitative estimate of drug-likeness (QED) is 0.837. The van der Waals surface area contributed by atoms with Crippen LogP contribution in [0.4, 0.5) is 5.69 Å². The van der Waals surface area contributed by atoms with Crippen molar-refractivity contribution in [3.63, 3.8) is 0 Å². The molecule has 1 heterocycles. The highest BCUT2D eigenvalue weighted by Gasteiger charge is 2.26. The number of carboxylic acids is 1. The number of nitrogens with zero attached hydrogens (tertiary/aromatic N) is 2. The second-order valence-corrected chi connectivity index (χ2v) is 6.69. The Labute approximate surface area is 149 Å². The molecule has 1 N–H and O–H groups in total. The van der Waals surface area contributed by atoms with Crippen LogP contribution < -0.4 is 4.90 Å². The molecule has 4 heteroatoms. The fourth-order valence-corrected chi connectivity index (χ4v) is 3.63. The van der Waals surface area contributed by atoms with Gasteiger partial charge < -0.3 is 10.0 Å². The summed E-state index contributed by atoms with van der Waals surface area (Å²) in [7, 11) is 0. The molecular weight excluding hydrogens is 312 g/mol. The van der Waals surface area contributed by atoms with Crippen molar-refractivity contribution in [2.45, 2.75) is 31.8 Å². The summed E-state index contributed by atoms with van der Waals surface area (Å²) in [5.41, 5.74) is 2.45. The fourth-order valence-electron chi connectivity index (χ4n) is 3.63. The summed E-state index contributed by atoms with van der Waals surface area (Å²) in [4.78, 5) is 15.9. The number of rotatable bonds is 7. The Hall–Kier alpha value is -2.33. The predicted octanol–water partition coefficient (Wildman–Crippen LogP) is 3.63. The summed E-state index contributed by atoms with van der Waals surface area (Å²) in [6, 6.07) is 21.1. The average Bonchev–Trinajstić information content (AvgIpc) is 2.64. The van der Waals surface area contributed by atoms with Crippen LogP contribution >= 0.6 is 0 Å². The number of aliphatic carboxylic acids is 1. The van der Waals surface area contributed by atoms with Crippen LogP contribution in [0.1, 0.15) is 24.8 Å². The SMILES string of the molecule is O=C(O)CCN(c1ccccc1)C1CCCN(Cc2ccccc2)C1. The highest BCUT2D eigenvalue weighted by Crippen LogP contribution is 2.24. The van der Waals surface area contributed by atoms with Crippen molar-refractivity contribution < 1.29 is 9.90 Å². The lowest BCUT2D eigenvalue weighted by molar-refractivity contribution is -0.136. The average molecular weight is 338 g/mol. The van der Waals surface area contributed by atoms with Gasteiger partial charge in [0.1, 0.15) is 0 Å². The van der Waals surface area contributed by atoms with E-state index in [0.717, 1.165) is 38.2 Å². The molecule has 0 saturated carbocycles. The molecule has 25 heavy (non-hydrogen) atoms. The molecular formula is C21H26N2O2. The third kappa shape index (κ3) is 5.07. The second-order valence-electron chi connectivity index (χ2n) is 6.69. The summed E-state index contributed by atoms with van der Waals surface area (Å²) in [6.45, 7) is 3.60. The lowest BCUT2D eigenvalue weighted by atomic mass is 10.0. The Bertz CT molecular complexity index is 660. The zero-order chi connectivity index (χ0) is 17.5. The molecule has 1 aliphatic rings. The van der Waals surface area contributed by atoms with Crippen LogP contribution in [-0.2, 0) is 11.3 Å². The Morgan fingerprint density at radius 3 is 2.44 bits per heavy atom. The van der Waals surface area contributed by atoms with Gasteiger partial charge in [-0.15, -0.1) is 0 Å². The van der Waals surface area contributed by atoms with Crippen molar-refractivity contribution >= 4 is 11.7 Å². The molecule has 4 nitrogen and oxygen atoms in total. The summed E-state index contributed by atoms with van der Waals surface area (Å²) in [5, 5.41) is 9.12. The maximum Gasteiger partial charge on any atom is 0.305 e. The first kappa shape index (κ1) is 17.5. The molecule has 3 rings (SSSR count). The van der Waals surface area contributed by atoms with Gasteiger partial charge in [-0.2, -0.15) is 0 Å². The van der Waals surface area contributed by atoms with E-state index in [2.05, 4.69) is 46.2 Å². The van der Waals surface area contributed by atoms with E-state index in [-0.39, 0.29) is 6.42 Å². The highest BCUT2D eigenvalue weighted by molar-refractivity contribution is 5.67. The van der Waals surface area contributed by atoms with Crippen molar-refractivity contribution in [1.29, 1.82) is 0 Å². The topological polar surface area (TPSA) is 43.8 Å². The minimum atomic E-state index is -0.738. The minimum absolute atomic E-state index is 0.171. The van der Waals surface area contributed by atoms with E-state index in [1.807, 2.05) is 24.3 Å². The lowest BCUT2D eigenvalue weighted by Crippen LogP contribution is -2.48. The molecule has 1 saturated heterocycles. The largest absolute Gasteiger partial charge is 0.481 e. The summed E-state index contributed by atoms with van der Waals surface area (Å²) >= 11 is 0. The van der Waals surface area contributed by atoms with Crippen LogP contribution in [0.5, 0.6) is 0 Å². The molecule has 0 aliphatic carbocycles. The molecule has 132 valence electrons. The molecule has 1 fully saturated rings. The number of hydrogen-bond donors (Lipinski definition) is 1. The Balaban J connectivity index is 1.70. The standard InChI is InChI=1S/C21H26N2O2/c24-21(25)13-15-23(19-10-5-2-6-11-19)20-12-7-14-22(17-20)16-18-8-3-1-4-9-18/h1-6,8-11,20H,7,12-17H2,(H,24,25). The van der Waals surface area contributed by atoms with E-state index >= 15 is 0 Å². The molecule has 0 amide bonds. The smallest absolute Gasteiger partial charge is 0.305 e. The number of carboxylic acid groups (broad SMARTS) is 1. The van der Waals surface area contributed by atoms with Gasteiger partial charge in [0.05, 0.1) is 6.42 Å². The maximum absolute atomic E-state index is 11.1. The third-order valence-corrected chi connectivity index (χ3v) is 4.82. The molecule has 0 bridgehead atoms. The van der Waals surface area contributed by atoms with E-state index in [9.17, 15) is 4.79 Å². The van der Waals surface area contributed by atoms with Crippen molar-refractivity contribution in [3.05, 3.63) is 66.2 Å². The maximum atomic E-state index is 11.1. The van der Waals surface area contributed by atoms with Crippen LogP contribution in [0.2, 0.25) is 0 Å². The number of anilines is 1. The van der Waals surface area contributed by atoms with Gasteiger partial charge >= 0.3 is 5.97 Å². The summed E-state index contributed by atoms with van der Waals surface area (Å²) in [5.74, 6) is -0.738. The zero-order valence-electron chi connectivity index (χ0n) is 14.6. The number of piperidine rings is 1. The zero-order valence-corrected chi connectivity index (χ0v) is 14.6. The molecule has 2 aromatic rings. The Morgan fingerprint density at radius 2 is 1.76 bits per heavy atom. The summed E-state index contributed by atoms with van der Waals surface area (Å²) < 4.78 is 0. The van der Waals surface area contributed by atoms with Gasteiger partial charge in [0.2, 0.25) is 0 Å². The third-order valence-electron chi connectivity index (χ3n) is 4.82. The van der Waals surface area contributed by atoms with Crippen LogP contribution in [0.15, 0.2) is 60.7 Å². The van der Waals surface area contributed by atoms with Gasteiger partial charge in [-0.3, -0.25) is 9.69 Å². The van der Waals surface area contributed by atoms with E-state index in [0.29, 0.717) is 12.6 Å². The molecule has 1 atom stereocenters. The summed E-state index contributed by atoms with van der Waals surface area (Å²) in [6.07, 6.45) is 2.43. The number of hydrogen-bond acceptors (Lipinski definition) is 3. The molecule has 0 spiro atoms. The monoisotopic (exact) mass is 338 g/mol. The number of benzene rings is 2. The van der Waals surface area contributed by atoms with Crippen LogP contribution in [0.3, 0.4) is 0 Å². The second kappa shape index (κ2) is 8.67. The lowest BCUT2D eigenvalue weighted by Gasteiger charge is -2.40. The van der Waals surface area contributed by atoms with Crippen molar-refractivity contribution in [2.75, 3.05) is 24.5 Å². The van der Waals surface area contributed by atoms with E-state index in [4.69, 9.17) is 5.11 Å². The van der Waals surface area contributed by atoms with Gasteiger partial charge in [0.25, 0.3) is 0 Å². The normalized spacial score (nSPS) is 18.0. The van der Waals surface area contributed by atoms with Gasteiger partial charge in [0.15, 0.2) is 0 Å². The van der Waals surface area contributed by atoms with Crippen molar-refractivity contribution in [1.82, 2.24) is 4.90 Å². The number of para-hydroxylation sites is 1. The van der Waals surface area contributed by atoms with Crippen molar-refractivity contribution in [2.24, 2.45) is 0 Å². The van der Waals surface area contributed by atoms with E-state index in [1.54, 1.807) is 0 Å².